The summed E-state index contributed by atoms with van der Waals surface area (Å²) in [4.78, 5) is 42.6. The number of para-hydroxylation sites is 1. The zero-order chi connectivity index (χ0) is 24.6. The minimum absolute atomic E-state index is 0.0152. The van der Waals surface area contributed by atoms with Crippen molar-refractivity contribution in [2.45, 2.75) is 32.1 Å². The molecular weight excluding hydrogens is 444 g/mol. The largest absolute Gasteiger partial charge is 0.484 e. The lowest BCUT2D eigenvalue weighted by Crippen LogP contribution is -2.52. The van der Waals surface area contributed by atoms with Gasteiger partial charge in [0.2, 0.25) is 5.91 Å². The molecule has 0 aliphatic carbocycles. The summed E-state index contributed by atoms with van der Waals surface area (Å²) in [6.07, 6.45) is 2.19. The van der Waals surface area contributed by atoms with Gasteiger partial charge in [-0.15, -0.1) is 0 Å². The lowest BCUT2D eigenvalue weighted by molar-refractivity contribution is -0.152. The van der Waals surface area contributed by atoms with E-state index in [-0.39, 0.29) is 42.1 Å². The van der Waals surface area contributed by atoms with Gasteiger partial charge in [0.25, 0.3) is 5.91 Å². The van der Waals surface area contributed by atoms with Crippen LogP contribution >= 0.6 is 0 Å². The minimum atomic E-state index is -0.324. The molecule has 0 spiro atoms. The first-order chi connectivity index (χ1) is 17.0. The smallest absolute Gasteiger partial charge is 0.310 e. The zero-order valence-corrected chi connectivity index (χ0v) is 20.3. The summed E-state index contributed by atoms with van der Waals surface area (Å²) in [6.45, 7) is 3.99. The number of carbonyl (C=O) groups excluding carboxylic acids is 3. The van der Waals surface area contributed by atoms with Gasteiger partial charge >= 0.3 is 5.97 Å². The van der Waals surface area contributed by atoms with Gasteiger partial charge in [-0.25, -0.2) is 0 Å². The monoisotopic (exact) mass is 478 g/mol. The van der Waals surface area contributed by atoms with Gasteiger partial charge in [-0.1, -0.05) is 48.5 Å². The molecule has 2 aliphatic rings. The predicted octanol–water partition coefficient (Wildman–Crippen LogP) is 3.50. The maximum absolute atomic E-state index is 13.6. The Labute approximate surface area is 207 Å². The summed E-state index contributed by atoms with van der Waals surface area (Å²) in [5, 5.41) is 0. The second-order valence-corrected chi connectivity index (χ2v) is 9.32. The van der Waals surface area contributed by atoms with Crippen molar-refractivity contribution in [3.8, 4) is 5.75 Å². The second kappa shape index (κ2) is 11.9. The van der Waals surface area contributed by atoms with E-state index >= 15 is 0 Å². The average Bonchev–Trinajstić information content (AvgIpc) is 2.92. The van der Waals surface area contributed by atoms with Crippen LogP contribution in [0.2, 0.25) is 0 Å². The Balaban J connectivity index is 1.46. The standard InChI is InChI=1S/C28H34N2O5/c1-2-34-28(33)22-12-9-15-29(17-22)27(32)24-16-23(21-10-5-3-6-11-21)18-30(19-24)26(31)20-35-25-13-7-4-8-14-25/h3-8,10-11,13-14,22-24H,2,9,12,15-20H2,1H3. The Kier molecular flexibility index (Phi) is 8.40. The molecule has 7 nitrogen and oxygen atoms in total. The lowest BCUT2D eigenvalue weighted by Gasteiger charge is -2.40. The van der Waals surface area contributed by atoms with Crippen LogP contribution in [0.4, 0.5) is 0 Å². The van der Waals surface area contributed by atoms with Crippen molar-refractivity contribution in [3.05, 3.63) is 66.2 Å². The lowest BCUT2D eigenvalue weighted by atomic mass is 9.83. The summed E-state index contributed by atoms with van der Waals surface area (Å²) in [7, 11) is 0. The van der Waals surface area contributed by atoms with E-state index in [0.717, 1.165) is 18.4 Å². The molecule has 2 heterocycles. The molecule has 7 heteroatoms. The summed E-state index contributed by atoms with van der Waals surface area (Å²) in [5.41, 5.74) is 1.12. The number of piperidine rings is 2. The molecule has 2 aromatic carbocycles. The molecule has 2 aromatic rings. The van der Waals surface area contributed by atoms with Gasteiger partial charge < -0.3 is 19.3 Å². The fourth-order valence-corrected chi connectivity index (χ4v) is 5.09. The number of hydrogen-bond donors (Lipinski definition) is 0. The van der Waals surface area contributed by atoms with E-state index in [0.29, 0.717) is 45.0 Å². The normalized spacial score (nSPS) is 22.4. The highest BCUT2D eigenvalue weighted by atomic mass is 16.5. The van der Waals surface area contributed by atoms with Gasteiger partial charge in [-0.05, 0) is 43.9 Å². The fraction of sp³-hybridized carbons (Fsp3) is 0.464. The molecule has 186 valence electrons. The van der Waals surface area contributed by atoms with E-state index in [4.69, 9.17) is 9.47 Å². The zero-order valence-electron chi connectivity index (χ0n) is 20.3. The molecule has 0 saturated carbocycles. The molecule has 3 atom stereocenters. The molecule has 2 fully saturated rings. The van der Waals surface area contributed by atoms with E-state index in [2.05, 4.69) is 12.1 Å². The SMILES string of the molecule is CCOC(=O)C1CCCN(C(=O)C2CC(c3ccccc3)CN(C(=O)COc3ccccc3)C2)C1. The van der Waals surface area contributed by atoms with Crippen LogP contribution in [0.1, 0.15) is 37.7 Å². The van der Waals surface area contributed by atoms with Crippen molar-refractivity contribution in [2.24, 2.45) is 11.8 Å². The van der Waals surface area contributed by atoms with Gasteiger partial charge in [0, 0.05) is 32.1 Å². The van der Waals surface area contributed by atoms with Crippen LogP contribution in [0.15, 0.2) is 60.7 Å². The van der Waals surface area contributed by atoms with Gasteiger partial charge in [0.05, 0.1) is 18.4 Å². The quantitative estimate of drug-likeness (QED) is 0.570. The predicted molar refractivity (Wildman–Crippen MR) is 132 cm³/mol. The van der Waals surface area contributed by atoms with Crippen LogP contribution in [-0.4, -0.2) is 67.0 Å². The molecule has 0 bridgehead atoms. The number of carbonyl (C=O) groups is 3. The Morgan fingerprint density at radius 1 is 0.886 bits per heavy atom. The third kappa shape index (κ3) is 6.41. The molecule has 2 saturated heterocycles. The second-order valence-electron chi connectivity index (χ2n) is 9.32. The van der Waals surface area contributed by atoms with E-state index in [1.807, 2.05) is 48.5 Å². The summed E-state index contributed by atoms with van der Waals surface area (Å²) in [5.74, 6) is -0.246. The molecule has 0 N–H and O–H groups in total. The van der Waals surface area contributed by atoms with Crippen molar-refractivity contribution in [1.82, 2.24) is 9.80 Å². The molecule has 4 rings (SSSR count). The first-order valence-electron chi connectivity index (χ1n) is 12.5. The van der Waals surface area contributed by atoms with Crippen LogP contribution in [-0.2, 0) is 19.1 Å². The molecule has 3 unspecified atom stereocenters. The van der Waals surface area contributed by atoms with Crippen LogP contribution in [0.3, 0.4) is 0 Å². The highest BCUT2D eigenvalue weighted by Gasteiger charge is 2.38. The highest BCUT2D eigenvalue weighted by Crippen LogP contribution is 2.32. The molecule has 0 aromatic heterocycles. The Morgan fingerprint density at radius 3 is 2.29 bits per heavy atom. The van der Waals surface area contributed by atoms with Crippen LogP contribution in [0, 0.1) is 11.8 Å². The number of benzene rings is 2. The molecule has 2 aliphatic heterocycles. The van der Waals surface area contributed by atoms with E-state index in [1.54, 1.807) is 16.7 Å². The molecular formula is C28H34N2O5. The van der Waals surface area contributed by atoms with Crippen molar-refractivity contribution in [3.63, 3.8) is 0 Å². The average molecular weight is 479 g/mol. The number of nitrogens with zero attached hydrogens (tertiary/aromatic N) is 2. The molecule has 0 radical (unpaired) electrons. The third-order valence-electron chi connectivity index (χ3n) is 6.88. The first kappa shape index (κ1) is 24.8. The summed E-state index contributed by atoms with van der Waals surface area (Å²) in [6, 6.07) is 19.3. The third-order valence-corrected chi connectivity index (χ3v) is 6.88. The van der Waals surface area contributed by atoms with Crippen molar-refractivity contribution < 1.29 is 23.9 Å². The first-order valence-corrected chi connectivity index (χ1v) is 12.5. The fourth-order valence-electron chi connectivity index (χ4n) is 5.09. The van der Waals surface area contributed by atoms with Gasteiger partial charge in [-0.3, -0.25) is 14.4 Å². The van der Waals surface area contributed by atoms with Crippen molar-refractivity contribution in [1.29, 1.82) is 0 Å². The van der Waals surface area contributed by atoms with E-state index < -0.39 is 0 Å². The summed E-state index contributed by atoms with van der Waals surface area (Å²) < 4.78 is 10.9. The Hall–Kier alpha value is -3.35. The Bertz CT molecular complexity index is 997. The molecule has 2 amide bonds. The van der Waals surface area contributed by atoms with E-state index in [1.165, 1.54) is 0 Å². The number of likely N-dealkylation sites (tertiary alicyclic amines) is 2. The van der Waals surface area contributed by atoms with Crippen LogP contribution in [0.25, 0.3) is 0 Å². The van der Waals surface area contributed by atoms with Crippen LogP contribution < -0.4 is 4.74 Å². The highest BCUT2D eigenvalue weighted by molar-refractivity contribution is 5.83. The topological polar surface area (TPSA) is 76.2 Å². The van der Waals surface area contributed by atoms with Crippen LogP contribution in [0.5, 0.6) is 5.75 Å². The number of hydrogen-bond acceptors (Lipinski definition) is 5. The van der Waals surface area contributed by atoms with Crippen molar-refractivity contribution >= 4 is 17.8 Å². The number of ether oxygens (including phenoxy) is 2. The van der Waals surface area contributed by atoms with Gasteiger partial charge in [-0.2, -0.15) is 0 Å². The summed E-state index contributed by atoms with van der Waals surface area (Å²) >= 11 is 0. The van der Waals surface area contributed by atoms with Crippen molar-refractivity contribution in [2.75, 3.05) is 39.4 Å². The number of rotatable bonds is 7. The number of amides is 2. The van der Waals surface area contributed by atoms with E-state index in [9.17, 15) is 14.4 Å². The number of esters is 1. The Morgan fingerprint density at radius 2 is 1.57 bits per heavy atom. The maximum atomic E-state index is 13.6. The molecule has 35 heavy (non-hydrogen) atoms. The van der Waals surface area contributed by atoms with Gasteiger partial charge in [0.1, 0.15) is 5.75 Å². The maximum Gasteiger partial charge on any atom is 0.310 e. The minimum Gasteiger partial charge on any atom is -0.484 e. The van der Waals surface area contributed by atoms with Gasteiger partial charge in [0.15, 0.2) is 6.61 Å².